The molecule has 0 N–H and O–H groups in total. The van der Waals surface area contributed by atoms with Gasteiger partial charge in [0.2, 0.25) is 0 Å². The van der Waals surface area contributed by atoms with E-state index in [4.69, 9.17) is 4.98 Å². The maximum atomic E-state index is 10.8. The summed E-state index contributed by atoms with van der Waals surface area (Å²) in [6.45, 7) is 0. The van der Waals surface area contributed by atoms with Gasteiger partial charge < -0.3 is 9.13 Å². The van der Waals surface area contributed by atoms with Crippen molar-refractivity contribution >= 4 is 43.6 Å². The summed E-state index contributed by atoms with van der Waals surface area (Å²) in [7, 11) is 0. The molecule has 0 bridgehead atoms. The Morgan fingerprint density at radius 2 is 0.597 bits per heavy atom. The van der Waals surface area contributed by atoms with Gasteiger partial charge in [0.15, 0.2) is 0 Å². The molecule has 330 valence electrons. The summed E-state index contributed by atoms with van der Waals surface area (Å²) in [5.41, 5.74) is 17.5. The standard InChI is InChI=1S/C64H34N8/c65-33-40-5-13-44(14-6-40)48-21-25-58-54(29-48)55-30-49(45-15-7-41(34-66)8-16-45)22-26-59(55)71(58)62-38-70-39-63(64(62)53-4-2-1-3-52(53)37-69)72-60-27-23-50(46-17-9-42(35-67)10-18-46)31-56(60)57-32-51(24-28-61(57)72)47-19-11-43(36-68)12-20-47/h1-32,38-39H. The Bertz CT molecular complexity index is 3920. The van der Waals surface area contributed by atoms with Crippen LogP contribution in [-0.4, -0.2) is 14.1 Å². The second kappa shape index (κ2) is 17.4. The topological polar surface area (TPSA) is 142 Å². The van der Waals surface area contributed by atoms with Crippen LogP contribution in [0.25, 0.3) is 111 Å². The first-order valence-electron chi connectivity index (χ1n) is 23.1. The summed E-state index contributed by atoms with van der Waals surface area (Å²) in [6, 6.07) is 75.2. The van der Waals surface area contributed by atoms with Crippen molar-refractivity contribution in [3.63, 3.8) is 0 Å². The molecule has 8 nitrogen and oxygen atoms in total. The highest BCUT2D eigenvalue weighted by atomic mass is 15.0. The lowest BCUT2D eigenvalue weighted by molar-refractivity contribution is 1.09. The van der Waals surface area contributed by atoms with Crippen molar-refractivity contribution in [2.24, 2.45) is 0 Å². The fourth-order valence-corrected chi connectivity index (χ4v) is 10.1. The molecule has 0 aliphatic rings. The summed E-state index contributed by atoms with van der Waals surface area (Å²) in [5, 5.41) is 53.1. The molecular weight excluding hydrogens is 881 g/mol. The number of rotatable bonds is 7. The zero-order valence-electron chi connectivity index (χ0n) is 38.2. The molecule has 72 heavy (non-hydrogen) atoms. The lowest BCUT2D eigenvalue weighted by Gasteiger charge is -2.20. The van der Waals surface area contributed by atoms with Crippen LogP contribution in [0.15, 0.2) is 207 Å². The highest BCUT2D eigenvalue weighted by molar-refractivity contribution is 6.14. The molecule has 0 radical (unpaired) electrons. The van der Waals surface area contributed by atoms with Crippen LogP contribution in [0.5, 0.6) is 0 Å². The van der Waals surface area contributed by atoms with Gasteiger partial charge in [-0.15, -0.1) is 0 Å². The highest BCUT2D eigenvalue weighted by Gasteiger charge is 2.25. The van der Waals surface area contributed by atoms with E-state index in [2.05, 4.69) is 112 Å². The predicted octanol–water partition coefficient (Wildman–Crippen LogP) is 15.0. The van der Waals surface area contributed by atoms with Gasteiger partial charge in [-0.2, -0.15) is 26.3 Å². The van der Waals surface area contributed by atoms with E-state index in [1.54, 1.807) is 0 Å². The summed E-state index contributed by atoms with van der Waals surface area (Å²) in [4.78, 5) is 5.06. The van der Waals surface area contributed by atoms with Crippen LogP contribution in [0, 0.1) is 56.7 Å². The molecule has 0 spiro atoms. The molecule has 0 amide bonds. The molecule has 12 rings (SSSR count). The van der Waals surface area contributed by atoms with Crippen molar-refractivity contribution in [2.45, 2.75) is 0 Å². The van der Waals surface area contributed by atoms with E-state index in [0.717, 1.165) is 111 Å². The van der Waals surface area contributed by atoms with Crippen LogP contribution in [-0.2, 0) is 0 Å². The normalized spacial score (nSPS) is 11.0. The first kappa shape index (κ1) is 42.5. The lowest BCUT2D eigenvalue weighted by atomic mass is 9.97. The van der Waals surface area contributed by atoms with Gasteiger partial charge in [0.05, 0.1) is 104 Å². The summed E-state index contributed by atoms with van der Waals surface area (Å²) < 4.78 is 4.49. The summed E-state index contributed by atoms with van der Waals surface area (Å²) in [6.07, 6.45) is 3.77. The van der Waals surface area contributed by atoms with Gasteiger partial charge in [-0.05, 0) is 148 Å². The Kier molecular flexibility index (Phi) is 10.3. The van der Waals surface area contributed by atoms with Crippen LogP contribution in [0.1, 0.15) is 27.8 Å². The Morgan fingerprint density at radius 3 is 0.889 bits per heavy atom. The van der Waals surface area contributed by atoms with Gasteiger partial charge in [0.1, 0.15) is 0 Å². The minimum Gasteiger partial charge on any atom is -0.307 e. The third kappa shape index (κ3) is 7.08. The first-order chi connectivity index (χ1) is 35.4. The largest absolute Gasteiger partial charge is 0.307 e. The van der Waals surface area contributed by atoms with E-state index in [1.165, 1.54) is 0 Å². The van der Waals surface area contributed by atoms with Crippen LogP contribution in [0.4, 0.5) is 0 Å². The van der Waals surface area contributed by atoms with Gasteiger partial charge >= 0.3 is 0 Å². The molecule has 0 fully saturated rings. The fraction of sp³-hybridized carbons (Fsp3) is 0. The smallest absolute Gasteiger partial charge is 0.0998 e. The van der Waals surface area contributed by atoms with Crippen molar-refractivity contribution in [1.29, 1.82) is 26.3 Å². The molecule has 12 aromatic rings. The van der Waals surface area contributed by atoms with Crippen molar-refractivity contribution in [3.8, 4) is 97.4 Å². The molecule has 8 heteroatoms. The molecule has 3 heterocycles. The minimum atomic E-state index is 0.505. The van der Waals surface area contributed by atoms with E-state index < -0.39 is 0 Å². The van der Waals surface area contributed by atoms with Gasteiger partial charge in [-0.3, -0.25) is 4.98 Å². The van der Waals surface area contributed by atoms with E-state index >= 15 is 0 Å². The number of nitriles is 5. The average Bonchev–Trinajstić information content (AvgIpc) is 3.96. The van der Waals surface area contributed by atoms with E-state index in [-0.39, 0.29) is 0 Å². The Hall–Kier alpha value is -10.8. The third-order valence-electron chi connectivity index (χ3n) is 13.6. The summed E-state index contributed by atoms with van der Waals surface area (Å²) in [5.74, 6) is 0. The van der Waals surface area contributed by atoms with Crippen LogP contribution in [0.3, 0.4) is 0 Å². The van der Waals surface area contributed by atoms with Crippen molar-refractivity contribution < 1.29 is 0 Å². The van der Waals surface area contributed by atoms with E-state index in [0.29, 0.717) is 27.8 Å². The van der Waals surface area contributed by atoms with Gasteiger partial charge in [0, 0.05) is 32.7 Å². The highest BCUT2D eigenvalue weighted by Crippen LogP contribution is 2.45. The molecule has 0 saturated carbocycles. The van der Waals surface area contributed by atoms with Crippen LogP contribution < -0.4 is 0 Å². The minimum absolute atomic E-state index is 0.505. The molecule has 3 aromatic heterocycles. The number of fused-ring (bicyclic) bond motifs is 6. The first-order valence-corrected chi connectivity index (χ1v) is 23.1. The predicted molar refractivity (Wildman–Crippen MR) is 284 cm³/mol. The lowest BCUT2D eigenvalue weighted by Crippen LogP contribution is -2.05. The number of pyridine rings is 1. The molecular formula is C64H34N8. The molecule has 0 aliphatic heterocycles. The maximum Gasteiger partial charge on any atom is 0.0998 e. The monoisotopic (exact) mass is 914 g/mol. The van der Waals surface area contributed by atoms with Crippen LogP contribution >= 0.6 is 0 Å². The average molecular weight is 915 g/mol. The van der Waals surface area contributed by atoms with Crippen molar-refractivity contribution in [2.75, 3.05) is 0 Å². The van der Waals surface area contributed by atoms with Gasteiger partial charge in [-0.25, -0.2) is 0 Å². The van der Waals surface area contributed by atoms with Gasteiger partial charge in [0.25, 0.3) is 0 Å². The Morgan fingerprint density at radius 1 is 0.306 bits per heavy atom. The molecule has 9 aromatic carbocycles. The van der Waals surface area contributed by atoms with Crippen molar-refractivity contribution in [3.05, 3.63) is 234 Å². The zero-order chi connectivity index (χ0) is 48.9. The van der Waals surface area contributed by atoms with Gasteiger partial charge in [-0.1, -0.05) is 91.0 Å². The quantitative estimate of drug-likeness (QED) is 0.156. The second-order valence-corrected chi connectivity index (χ2v) is 17.6. The maximum absolute atomic E-state index is 10.8. The third-order valence-corrected chi connectivity index (χ3v) is 13.6. The number of benzene rings is 9. The molecule has 0 atom stereocenters. The Labute approximate surface area is 413 Å². The molecule has 0 unspecified atom stereocenters. The zero-order valence-corrected chi connectivity index (χ0v) is 38.2. The second-order valence-electron chi connectivity index (χ2n) is 17.6. The van der Waals surface area contributed by atoms with E-state index in [1.807, 2.05) is 134 Å². The number of hydrogen-bond acceptors (Lipinski definition) is 6. The van der Waals surface area contributed by atoms with E-state index in [9.17, 15) is 26.3 Å². The number of aromatic nitrogens is 3. The SMILES string of the molecule is N#Cc1ccc(-c2ccc3c(c2)c2cc(-c4ccc(C#N)cc4)ccc2n3-c2cncc(-n3c4ccc(-c5ccc(C#N)cc5)cc4c4cc(-c5ccc(C#N)cc5)ccc43)c2-c2ccccc2C#N)cc1. The summed E-state index contributed by atoms with van der Waals surface area (Å²) >= 11 is 0. The molecule has 0 saturated heterocycles. The Balaban J connectivity index is 1.15. The molecule has 0 aliphatic carbocycles. The van der Waals surface area contributed by atoms with Crippen LogP contribution in [0.2, 0.25) is 0 Å². The van der Waals surface area contributed by atoms with Crippen molar-refractivity contribution in [1.82, 2.24) is 14.1 Å². The number of nitrogens with zero attached hydrogens (tertiary/aromatic N) is 8. The fourth-order valence-electron chi connectivity index (χ4n) is 10.1. The number of hydrogen-bond donors (Lipinski definition) is 0.